The van der Waals surface area contributed by atoms with Crippen LogP contribution in [0.4, 0.5) is 0 Å². The molecule has 7 nitrogen and oxygen atoms in total. The second-order valence-electron chi connectivity index (χ2n) is 8.31. The Balaban J connectivity index is 1.34. The summed E-state index contributed by atoms with van der Waals surface area (Å²) in [4.78, 5) is 19.0. The molecule has 2 saturated heterocycles. The second-order valence-corrected chi connectivity index (χ2v) is 8.31. The van der Waals surface area contributed by atoms with Crippen molar-refractivity contribution in [2.75, 3.05) is 19.7 Å². The van der Waals surface area contributed by atoms with E-state index in [4.69, 9.17) is 14.0 Å². The van der Waals surface area contributed by atoms with Crippen LogP contribution in [0.3, 0.4) is 0 Å². The maximum atomic E-state index is 13.0. The molecule has 4 rings (SSSR count). The summed E-state index contributed by atoms with van der Waals surface area (Å²) < 4.78 is 17.6. The van der Waals surface area contributed by atoms with Gasteiger partial charge in [0.2, 0.25) is 0 Å². The van der Waals surface area contributed by atoms with Gasteiger partial charge in [-0.15, -0.1) is 0 Å². The third-order valence-electron chi connectivity index (χ3n) is 5.73. The molecule has 156 valence electrons. The van der Waals surface area contributed by atoms with Crippen molar-refractivity contribution in [1.29, 1.82) is 0 Å². The average molecular weight is 399 g/mol. The van der Waals surface area contributed by atoms with E-state index >= 15 is 0 Å². The van der Waals surface area contributed by atoms with Crippen LogP contribution in [-0.4, -0.2) is 52.3 Å². The Bertz CT molecular complexity index is 873. The SMILES string of the molecule is CCCc1onc(C)c1C(=O)N1CC2(CC(OCc3cncc(C)c3)CCO2)C1. The fourth-order valence-electron chi connectivity index (χ4n) is 4.30. The van der Waals surface area contributed by atoms with Crippen LogP contribution in [0.1, 0.15) is 59.1 Å². The molecule has 29 heavy (non-hydrogen) atoms. The van der Waals surface area contributed by atoms with Gasteiger partial charge in [-0.25, -0.2) is 0 Å². The number of amides is 1. The third kappa shape index (κ3) is 4.21. The lowest BCUT2D eigenvalue weighted by Crippen LogP contribution is -2.67. The molecule has 2 aromatic rings. The number of aromatic nitrogens is 2. The average Bonchev–Trinajstić information content (AvgIpc) is 3.05. The van der Waals surface area contributed by atoms with Crippen LogP contribution in [0.2, 0.25) is 0 Å². The molecular formula is C22H29N3O4. The Morgan fingerprint density at radius 3 is 2.93 bits per heavy atom. The normalized spacial score (nSPS) is 20.7. The number of likely N-dealkylation sites (tertiary alicyclic amines) is 1. The summed E-state index contributed by atoms with van der Waals surface area (Å²) in [6, 6.07) is 2.10. The van der Waals surface area contributed by atoms with Crippen LogP contribution >= 0.6 is 0 Å². The molecule has 0 aliphatic carbocycles. The maximum Gasteiger partial charge on any atom is 0.259 e. The molecular weight excluding hydrogens is 370 g/mol. The Morgan fingerprint density at radius 2 is 2.17 bits per heavy atom. The van der Waals surface area contributed by atoms with E-state index in [9.17, 15) is 4.79 Å². The zero-order chi connectivity index (χ0) is 20.4. The maximum absolute atomic E-state index is 13.0. The molecule has 1 amide bonds. The van der Waals surface area contributed by atoms with Crippen molar-refractivity contribution in [3.8, 4) is 0 Å². The minimum Gasteiger partial charge on any atom is -0.373 e. The summed E-state index contributed by atoms with van der Waals surface area (Å²) in [6.07, 6.45) is 7.14. The topological polar surface area (TPSA) is 77.7 Å². The molecule has 0 bridgehead atoms. The molecule has 0 N–H and O–H groups in total. The van der Waals surface area contributed by atoms with Gasteiger partial charge in [-0.3, -0.25) is 9.78 Å². The lowest BCUT2D eigenvalue weighted by molar-refractivity contribution is -0.188. The van der Waals surface area contributed by atoms with Gasteiger partial charge in [0.1, 0.15) is 16.9 Å². The van der Waals surface area contributed by atoms with E-state index in [0.717, 1.165) is 36.8 Å². The summed E-state index contributed by atoms with van der Waals surface area (Å²) in [6.45, 7) is 8.31. The zero-order valence-electron chi connectivity index (χ0n) is 17.4. The fraction of sp³-hybridized carbons (Fsp3) is 0.591. The molecule has 2 fully saturated rings. The highest BCUT2D eigenvalue weighted by molar-refractivity contribution is 5.96. The first-order valence-corrected chi connectivity index (χ1v) is 10.4. The first-order chi connectivity index (χ1) is 14.0. The van der Waals surface area contributed by atoms with E-state index < -0.39 is 0 Å². The minimum atomic E-state index is -0.292. The molecule has 2 aromatic heterocycles. The standard InChI is InChI=1S/C22H29N3O4/c1-4-5-19-20(16(3)24-29-19)21(26)25-13-22(14-25)9-18(6-7-28-22)27-12-17-8-15(2)10-23-11-17/h8,10-11,18H,4-7,9,12-14H2,1-3H3. The van der Waals surface area contributed by atoms with Gasteiger partial charge < -0.3 is 18.9 Å². The van der Waals surface area contributed by atoms with Gasteiger partial charge in [-0.2, -0.15) is 0 Å². The predicted octanol–water partition coefficient (Wildman–Crippen LogP) is 3.23. The van der Waals surface area contributed by atoms with Gasteiger partial charge in [0.25, 0.3) is 5.91 Å². The molecule has 0 radical (unpaired) electrons. The van der Waals surface area contributed by atoms with Crippen LogP contribution in [0.5, 0.6) is 0 Å². The first-order valence-electron chi connectivity index (χ1n) is 10.4. The number of rotatable bonds is 6. The van der Waals surface area contributed by atoms with Crippen LogP contribution in [0.15, 0.2) is 23.0 Å². The Hall–Kier alpha value is -2.25. The molecule has 7 heteroatoms. The van der Waals surface area contributed by atoms with Crippen molar-refractivity contribution < 1.29 is 18.8 Å². The van der Waals surface area contributed by atoms with E-state index in [0.29, 0.717) is 43.3 Å². The van der Waals surface area contributed by atoms with E-state index in [1.54, 1.807) is 0 Å². The summed E-state index contributed by atoms with van der Waals surface area (Å²) in [7, 11) is 0. The molecule has 1 spiro atoms. The number of nitrogens with zero attached hydrogens (tertiary/aromatic N) is 3. The van der Waals surface area contributed by atoms with Gasteiger partial charge >= 0.3 is 0 Å². The summed E-state index contributed by atoms with van der Waals surface area (Å²) in [5.41, 5.74) is 3.21. The number of ether oxygens (including phenoxy) is 2. The van der Waals surface area contributed by atoms with Crippen LogP contribution in [-0.2, 0) is 22.5 Å². The van der Waals surface area contributed by atoms with Gasteiger partial charge in [-0.1, -0.05) is 18.1 Å². The molecule has 4 heterocycles. The highest BCUT2D eigenvalue weighted by atomic mass is 16.5. The number of pyridine rings is 1. The molecule has 2 aliphatic rings. The lowest BCUT2D eigenvalue weighted by Gasteiger charge is -2.53. The van der Waals surface area contributed by atoms with E-state index in [-0.39, 0.29) is 17.6 Å². The second kappa shape index (κ2) is 8.24. The van der Waals surface area contributed by atoms with Gasteiger partial charge in [0, 0.05) is 31.8 Å². The predicted molar refractivity (Wildman–Crippen MR) is 107 cm³/mol. The monoisotopic (exact) mass is 399 g/mol. The Labute approximate surface area is 171 Å². The number of hydrogen-bond donors (Lipinski definition) is 0. The Morgan fingerprint density at radius 1 is 1.34 bits per heavy atom. The highest BCUT2D eigenvalue weighted by Gasteiger charge is 2.50. The van der Waals surface area contributed by atoms with Gasteiger partial charge in [0.05, 0.1) is 31.5 Å². The van der Waals surface area contributed by atoms with Crippen molar-refractivity contribution in [3.63, 3.8) is 0 Å². The quantitative estimate of drug-likeness (QED) is 0.742. The van der Waals surface area contributed by atoms with E-state index in [1.807, 2.05) is 31.1 Å². The van der Waals surface area contributed by atoms with Crippen LogP contribution < -0.4 is 0 Å². The van der Waals surface area contributed by atoms with Crippen molar-refractivity contribution in [2.45, 2.75) is 64.8 Å². The van der Waals surface area contributed by atoms with E-state index in [2.05, 4.69) is 23.1 Å². The largest absolute Gasteiger partial charge is 0.373 e. The van der Waals surface area contributed by atoms with Crippen molar-refractivity contribution in [2.24, 2.45) is 0 Å². The van der Waals surface area contributed by atoms with Crippen molar-refractivity contribution >= 4 is 5.91 Å². The van der Waals surface area contributed by atoms with Crippen molar-refractivity contribution in [1.82, 2.24) is 15.0 Å². The van der Waals surface area contributed by atoms with Gasteiger partial charge in [-0.05, 0) is 37.8 Å². The smallest absolute Gasteiger partial charge is 0.259 e. The Kier molecular flexibility index (Phi) is 5.69. The summed E-state index contributed by atoms with van der Waals surface area (Å²) >= 11 is 0. The summed E-state index contributed by atoms with van der Waals surface area (Å²) in [5, 5.41) is 3.99. The summed E-state index contributed by atoms with van der Waals surface area (Å²) in [5.74, 6) is 0.684. The molecule has 1 unspecified atom stereocenters. The molecule has 2 aliphatic heterocycles. The van der Waals surface area contributed by atoms with E-state index in [1.165, 1.54) is 0 Å². The third-order valence-corrected chi connectivity index (χ3v) is 5.73. The van der Waals surface area contributed by atoms with Crippen molar-refractivity contribution in [3.05, 3.63) is 46.6 Å². The highest BCUT2D eigenvalue weighted by Crippen LogP contribution is 2.37. The van der Waals surface area contributed by atoms with Crippen LogP contribution in [0.25, 0.3) is 0 Å². The lowest BCUT2D eigenvalue weighted by atomic mass is 9.84. The number of carbonyl (C=O) groups is 1. The first kappa shape index (κ1) is 20.0. The number of carbonyl (C=O) groups excluding carboxylic acids is 1. The van der Waals surface area contributed by atoms with Gasteiger partial charge in [0.15, 0.2) is 0 Å². The fourth-order valence-corrected chi connectivity index (χ4v) is 4.30. The number of aryl methyl sites for hydroxylation is 3. The number of hydrogen-bond acceptors (Lipinski definition) is 6. The zero-order valence-corrected chi connectivity index (χ0v) is 17.4. The molecule has 1 atom stereocenters. The minimum absolute atomic E-state index is 0.00435. The van der Waals surface area contributed by atoms with Crippen LogP contribution in [0, 0.1) is 13.8 Å². The molecule has 0 saturated carbocycles. The molecule has 0 aromatic carbocycles.